The molecule has 0 aliphatic rings. The van der Waals surface area contributed by atoms with Crippen LogP contribution in [0.15, 0.2) is 53.2 Å². The molecule has 0 saturated heterocycles. The first-order valence-corrected chi connectivity index (χ1v) is 11.1. The molecule has 0 N–H and O–H groups in total. The number of furan rings is 1. The van der Waals surface area contributed by atoms with Crippen molar-refractivity contribution >= 4 is 37.4 Å². The average Bonchev–Trinajstić information content (AvgIpc) is 3.47. The van der Waals surface area contributed by atoms with E-state index in [0.29, 0.717) is 24.0 Å². The normalized spacial score (nSPS) is 11.7. The zero-order valence-electron chi connectivity index (χ0n) is 17.8. The second-order valence-electron chi connectivity index (χ2n) is 7.86. The number of ether oxygens (including phenoxy) is 1. The van der Waals surface area contributed by atoms with Gasteiger partial charge in [0.15, 0.2) is 11.4 Å². The molecule has 6 rings (SSSR count). The Morgan fingerprint density at radius 3 is 2.84 bits per heavy atom. The zero-order valence-corrected chi connectivity index (χ0v) is 18.6. The van der Waals surface area contributed by atoms with Crippen LogP contribution in [0, 0.1) is 20.8 Å². The Balaban J connectivity index is 1.36. The Morgan fingerprint density at radius 2 is 1.97 bits per heavy atom. The number of thiophene rings is 1. The average molecular weight is 442 g/mol. The molecule has 1 aromatic carbocycles. The molecule has 0 amide bonds. The van der Waals surface area contributed by atoms with E-state index in [9.17, 15) is 0 Å². The van der Waals surface area contributed by atoms with Crippen LogP contribution in [0.25, 0.3) is 37.7 Å². The first kappa shape index (κ1) is 18.9. The van der Waals surface area contributed by atoms with Crippen LogP contribution in [0.2, 0.25) is 0 Å². The van der Waals surface area contributed by atoms with Crippen LogP contribution in [-0.2, 0) is 6.61 Å². The van der Waals surface area contributed by atoms with Crippen molar-refractivity contribution in [2.75, 3.05) is 0 Å². The van der Waals surface area contributed by atoms with Crippen LogP contribution in [0.4, 0.5) is 0 Å². The molecule has 0 aliphatic heterocycles. The van der Waals surface area contributed by atoms with E-state index in [-0.39, 0.29) is 0 Å². The number of hydrogen-bond donors (Lipinski definition) is 0. The highest BCUT2D eigenvalue weighted by Gasteiger charge is 2.18. The van der Waals surface area contributed by atoms with Crippen molar-refractivity contribution in [3.8, 4) is 17.3 Å². The third-order valence-electron chi connectivity index (χ3n) is 5.35. The summed E-state index contributed by atoms with van der Waals surface area (Å²) >= 11 is 1.59. The first-order chi connectivity index (χ1) is 15.5. The Hall–Kier alpha value is -3.78. The Kier molecular flexibility index (Phi) is 4.22. The maximum absolute atomic E-state index is 5.96. The van der Waals surface area contributed by atoms with Gasteiger partial charge in [-0.1, -0.05) is 12.1 Å². The Labute approximate surface area is 187 Å². The molecule has 0 atom stereocenters. The lowest BCUT2D eigenvalue weighted by atomic mass is 10.1. The van der Waals surface area contributed by atoms with E-state index >= 15 is 0 Å². The lowest BCUT2D eigenvalue weighted by Crippen LogP contribution is -1.93. The van der Waals surface area contributed by atoms with Crippen molar-refractivity contribution in [1.29, 1.82) is 0 Å². The second kappa shape index (κ2) is 7.13. The summed E-state index contributed by atoms with van der Waals surface area (Å²) in [6.07, 6.45) is 1.70. The molecule has 0 unspecified atom stereocenters. The summed E-state index contributed by atoms with van der Waals surface area (Å²) in [7, 11) is 0. The summed E-state index contributed by atoms with van der Waals surface area (Å²) in [5.41, 5.74) is 4.97. The van der Waals surface area contributed by atoms with Crippen LogP contribution in [0.5, 0.6) is 5.75 Å². The molecular weight excluding hydrogens is 422 g/mol. The van der Waals surface area contributed by atoms with Gasteiger partial charge in [-0.25, -0.2) is 19.5 Å². The lowest BCUT2D eigenvalue weighted by molar-refractivity contribution is 0.271. The SMILES string of the molecule is Cc1cccc(OCc2ccc(-c3nc4c5sc6nc(C)cc(C)c6c5ncn4n3)o2)c1. The number of hydrogen-bond acceptors (Lipinski definition) is 7. The number of rotatable bonds is 4. The number of aryl methyl sites for hydroxylation is 3. The maximum Gasteiger partial charge on any atom is 0.218 e. The Bertz CT molecular complexity index is 1630. The molecule has 0 spiro atoms. The third kappa shape index (κ3) is 3.11. The van der Waals surface area contributed by atoms with Crippen molar-refractivity contribution in [1.82, 2.24) is 24.6 Å². The highest BCUT2D eigenvalue weighted by molar-refractivity contribution is 7.26. The first-order valence-electron chi connectivity index (χ1n) is 10.3. The summed E-state index contributed by atoms with van der Waals surface area (Å²) in [5.74, 6) is 2.63. The maximum atomic E-state index is 5.96. The molecule has 5 aromatic heterocycles. The molecule has 0 bridgehead atoms. The van der Waals surface area contributed by atoms with E-state index in [2.05, 4.69) is 28.1 Å². The van der Waals surface area contributed by atoms with Crippen molar-refractivity contribution in [3.05, 3.63) is 71.4 Å². The standard InChI is InChI=1S/C24H19N5O2S/c1-13-5-4-6-16(9-13)30-11-17-7-8-18(31-17)22-27-23-21-20(25-12-29(23)28-22)19-14(2)10-15(3)26-24(19)32-21/h4-10,12H,11H2,1-3H3. The van der Waals surface area contributed by atoms with Gasteiger partial charge in [0.1, 0.15) is 34.0 Å². The van der Waals surface area contributed by atoms with Crippen LogP contribution in [0.1, 0.15) is 22.6 Å². The number of fused-ring (bicyclic) bond motifs is 5. The summed E-state index contributed by atoms with van der Waals surface area (Å²) in [6.45, 7) is 6.47. The molecule has 0 aliphatic carbocycles. The molecule has 0 saturated carbocycles. The van der Waals surface area contributed by atoms with E-state index in [1.165, 1.54) is 5.56 Å². The number of nitrogens with zero attached hydrogens (tertiary/aromatic N) is 5. The molecule has 32 heavy (non-hydrogen) atoms. The third-order valence-corrected chi connectivity index (χ3v) is 6.41. The van der Waals surface area contributed by atoms with E-state index in [0.717, 1.165) is 43.1 Å². The van der Waals surface area contributed by atoms with Gasteiger partial charge in [-0.2, -0.15) is 0 Å². The Morgan fingerprint density at radius 1 is 1.06 bits per heavy atom. The van der Waals surface area contributed by atoms with E-state index in [1.807, 2.05) is 50.2 Å². The topological polar surface area (TPSA) is 78.3 Å². The van der Waals surface area contributed by atoms with Gasteiger partial charge in [0.2, 0.25) is 5.82 Å². The summed E-state index contributed by atoms with van der Waals surface area (Å²) < 4.78 is 14.5. The highest BCUT2D eigenvalue weighted by Crippen LogP contribution is 2.36. The van der Waals surface area contributed by atoms with Crippen molar-refractivity contribution in [3.63, 3.8) is 0 Å². The molecule has 6 aromatic rings. The van der Waals surface area contributed by atoms with Gasteiger partial charge in [-0.05, 0) is 62.2 Å². The molecular formula is C24H19N5O2S. The summed E-state index contributed by atoms with van der Waals surface area (Å²) in [4.78, 5) is 15.1. The van der Waals surface area contributed by atoms with Crippen LogP contribution in [0.3, 0.4) is 0 Å². The number of aromatic nitrogens is 5. The predicted octanol–water partition coefficient (Wildman–Crippen LogP) is 5.65. The largest absolute Gasteiger partial charge is 0.486 e. The van der Waals surface area contributed by atoms with Gasteiger partial charge >= 0.3 is 0 Å². The van der Waals surface area contributed by atoms with Gasteiger partial charge in [0.25, 0.3) is 0 Å². The predicted molar refractivity (Wildman–Crippen MR) is 124 cm³/mol. The van der Waals surface area contributed by atoms with Crippen molar-refractivity contribution in [2.45, 2.75) is 27.4 Å². The van der Waals surface area contributed by atoms with Crippen LogP contribution in [-0.4, -0.2) is 24.6 Å². The molecule has 5 heterocycles. The molecule has 8 heteroatoms. The van der Waals surface area contributed by atoms with Crippen LogP contribution >= 0.6 is 11.3 Å². The minimum atomic E-state index is 0.337. The van der Waals surface area contributed by atoms with E-state index < -0.39 is 0 Å². The quantitative estimate of drug-likeness (QED) is 0.352. The van der Waals surface area contributed by atoms with Gasteiger partial charge in [-0.15, -0.1) is 16.4 Å². The van der Waals surface area contributed by atoms with E-state index in [4.69, 9.17) is 14.1 Å². The van der Waals surface area contributed by atoms with Gasteiger partial charge in [0.05, 0.1) is 5.52 Å². The fourth-order valence-corrected chi connectivity index (χ4v) is 5.13. The van der Waals surface area contributed by atoms with Crippen molar-refractivity contribution in [2.24, 2.45) is 0 Å². The number of benzene rings is 1. The van der Waals surface area contributed by atoms with Gasteiger partial charge < -0.3 is 9.15 Å². The minimum absolute atomic E-state index is 0.337. The van der Waals surface area contributed by atoms with E-state index in [1.54, 1.807) is 22.2 Å². The highest BCUT2D eigenvalue weighted by atomic mass is 32.1. The summed E-state index contributed by atoms with van der Waals surface area (Å²) in [5, 5.41) is 5.66. The van der Waals surface area contributed by atoms with Gasteiger partial charge in [-0.3, -0.25) is 0 Å². The fraction of sp³-hybridized carbons (Fsp3) is 0.167. The minimum Gasteiger partial charge on any atom is -0.486 e. The second-order valence-corrected chi connectivity index (χ2v) is 8.86. The molecule has 158 valence electrons. The fourth-order valence-electron chi connectivity index (χ4n) is 3.91. The van der Waals surface area contributed by atoms with Crippen molar-refractivity contribution < 1.29 is 9.15 Å². The van der Waals surface area contributed by atoms with Crippen LogP contribution < -0.4 is 4.74 Å². The smallest absolute Gasteiger partial charge is 0.218 e. The summed E-state index contributed by atoms with van der Waals surface area (Å²) in [6, 6.07) is 13.8. The molecule has 7 nitrogen and oxygen atoms in total. The number of pyridine rings is 1. The molecule has 0 fully saturated rings. The van der Waals surface area contributed by atoms with Gasteiger partial charge in [0, 0.05) is 11.1 Å². The molecule has 0 radical (unpaired) electrons. The lowest BCUT2D eigenvalue weighted by Gasteiger charge is -2.04. The monoisotopic (exact) mass is 441 g/mol. The zero-order chi connectivity index (χ0) is 21.8.